The highest BCUT2D eigenvalue weighted by molar-refractivity contribution is 5.67. The van der Waals surface area contributed by atoms with Gasteiger partial charge in [-0.3, -0.25) is 4.90 Å². The minimum Gasteiger partial charge on any atom is -0.448 e. The van der Waals surface area contributed by atoms with Gasteiger partial charge in [0.2, 0.25) is 0 Å². The molecule has 0 atom stereocenters. The van der Waals surface area contributed by atoms with E-state index in [1.54, 1.807) is 0 Å². The molecule has 0 bridgehead atoms. The van der Waals surface area contributed by atoms with Crippen LogP contribution in [0.15, 0.2) is 0 Å². The number of nitrogens with zero attached hydrogens (tertiary/aromatic N) is 2. The molecule has 0 aliphatic carbocycles. The molecular formula is C11H20N2O2. The zero-order valence-corrected chi connectivity index (χ0v) is 9.28. The third kappa shape index (κ3) is 3.09. The molecule has 2 fully saturated rings. The standard InChI is InChI=1S/C11H20N2O2/c14-11(13-7-3-4-8-13)15-10-9-12-5-1-2-6-12/h1-10H2. The summed E-state index contributed by atoms with van der Waals surface area (Å²) in [6, 6.07) is 0. The summed E-state index contributed by atoms with van der Waals surface area (Å²) in [6.45, 7) is 5.54. The highest BCUT2D eigenvalue weighted by Crippen LogP contribution is 2.09. The van der Waals surface area contributed by atoms with Crippen molar-refractivity contribution in [3.8, 4) is 0 Å². The predicted molar refractivity (Wildman–Crippen MR) is 57.8 cm³/mol. The van der Waals surface area contributed by atoms with Gasteiger partial charge in [-0.2, -0.15) is 0 Å². The van der Waals surface area contributed by atoms with Gasteiger partial charge in [-0.25, -0.2) is 4.79 Å². The van der Waals surface area contributed by atoms with Crippen LogP contribution < -0.4 is 0 Å². The zero-order valence-electron chi connectivity index (χ0n) is 9.28. The molecule has 0 aromatic rings. The molecule has 15 heavy (non-hydrogen) atoms. The minimum atomic E-state index is -0.119. The second-order valence-corrected chi connectivity index (χ2v) is 4.36. The van der Waals surface area contributed by atoms with E-state index >= 15 is 0 Å². The van der Waals surface area contributed by atoms with E-state index in [4.69, 9.17) is 4.74 Å². The van der Waals surface area contributed by atoms with E-state index in [1.165, 1.54) is 25.9 Å². The zero-order chi connectivity index (χ0) is 10.5. The summed E-state index contributed by atoms with van der Waals surface area (Å²) in [4.78, 5) is 15.7. The maximum atomic E-state index is 11.5. The van der Waals surface area contributed by atoms with Crippen LogP contribution in [-0.4, -0.2) is 55.2 Å². The molecule has 0 aromatic heterocycles. The Labute approximate surface area is 91.2 Å². The molecule has 2 saturated heterocycles. The van der Waals surface area contributed by atoms with Crippen molar-refractivity contribution < 1.29 is 9.53 Å². The van der Waals surface area contributed by atoms with Gasteiger partial charge in [0.25, 0.3) is 0 Å². The SMILES string of the molecule is O=C(OCCN1CCCC1)N1CCCC1. The van der Waals surface area contributed by atoms with Crippen LogP contribution in [0.25, 0.3) is 0 Å². The summed E-state index contributed by atoms with van der Waals surface area (Å²) in [5.41, 5.74) is 0. The van der Waals surface area contributed by atoms with Crippen LogP contribution in [0.1, 0.15) is 25.7 Å². The van der Waals surface area contributed by atoms with Crippen LogP contribution >= 0.6 is 0 Å². The highest BCUT2D eigenvalue weighted by atomic mass is 16.6. The fourth-order valence-electron chi connectivity index (χ4n) is 2.26. The first-order valence-electron chi connectivity index (χ1n) is 6.00. The Balaban J connectivity index is 1.58. The quantitative estimate of drug-likeness (QED) is 0.707. The summed E-state index contributed by atoms with van der Waals surface area (Å²) in [6.07, 6.45) is 4.72. The van der Waals surface area contributed by atoms with Gasteiger partial charge in [0.05, 0.1) is 0 Å². The normalized spacial score (nSPS) is 22.3. The molecule has 0 radical (unpaired) electrons. The molecule has 0 spiro atoms. The summed E-state index contributed by atoms with van der Waals surface area (Å²) < 4.78 is 5.23. The first-order valence-corrected chi connectivity index (χ1v) is 6.00. The van der Waals surface area contributed by atoms with Crippen molar-refractivity contribution in [3.63, 3.8) is 0 Å². The molecule has 2 aliphatic rings. The maximum Gasteiger partial charge on any atom is 0.409 e. The van der Waals surface area contributed by atoms with Gasteiger partial charge in [0.1, 0.15) is 6.61 Å². The smallest absolute Gasteiger partial charge is 0.409 e. The first-order chi connectivity index (χ1) is 7.36. The summed E-state index contributed by atoms with van der Waals surface area (Å²) in [7, 11) is 0. The average molecular weight is 212 g/mol. The average Bonchev–Trinajstić information content (AvgIpc) is 2.90. The Hall–Kier alpha value is -0.770. The van der Waals surface area contributed by atoms with Crippen molar-refractivity contribution in [2.75, 3.05) is 39.3 Å². The topological polar surface area (TPSA) is 32.8 Å². The van der Waals surface area contributed by atoms with Crippen LogP contribution in [0.4, 0.5) is 4.79 Å². The summed E-state index contributed by atoms with van der Waals surface area (Å²) in [5, 5.41) is 0. The lowest BCUT2D eigenvalue weighted by atomic mass is 10.4. The Morgan fingerprint density at radius 1 is 1.00 bits per heavy atom. The Kier molecular flexibility index (Phi) is 3.83. The van der Waals surface area contributed by atoms with E-state index < -0.39 is 0 Å². The number of rotatable bonds is 3. The maximum absolute atomic E-state index is 11.5. The largest absolute Gasteiger partial charge is 0.448 e. The second-order valence-electron chi connectivity index (χ2n) is 4.36. The van der Waals surface area contributed by atoms with E-state index in [1.807, 2.05) is 4.90 Å². The van der Waals surface area contributed by atoms with Crippen molar-refractivity contribution in [2.24, 2.45) is 0 Å². The molecule has 2 rings (SSSR count). The van der Waals surface area contributed by atoms with Crippen LogP contribution in [0.5, 0.6) is 0 Å². The van der Waals surface area contributed by atoms with Gasteiger partial charge in [-0.15, -0.1) is 0 Å². The molecule has 0 unspecified atom stereocenters. The highest BCUT2D eigenvalue weighted by Gasteiger charge is 2.19. The lowest BCUT2D eigenvalue weighted by Crippen LogP contribution is -2.31. The lowest BCUT2D eigenvalue weighted by Gasteiger charge is -2.18. The third-order valence-corrected chi connectivity index (χ3v) is 3.20. The van der Waals surface area contributed by atoms with Crippen LogP contribution in [0.2, 0.25) is 0 Å². The third-order valence-electron chi connectivity index (χ3n) is 3.20. The summed E-state index contributed by atoms with van der Waals surface area (Å²) >= 11 is 0. The second kappa shape index (κ2) is 5.35. The molecule has 0 aromatic carbocycles. The van der Waals surface area contributed by atoms with Crippen molar-refractivity contribution in [2.45, 2.75) is 25.7 Å². The lowest BCUT2D eigenvalue weighted by molar-refractivity contribution is 0.101. The number of carbonyl (C=O) groups is 1. The number of ether oxygens (including phenoxy) is 1. The van der Waals surface area contributed by atoms with Crippen molar-refractivity contribution >= 4 is 6.09 Å². The molecule has 1 amide bonds. The van der Waals surface area contributed by atoms with E-state index in [9.17, 15) is 4.79 Å². The van der Waals surface area contributed by atoms with Crippen LogP contribution in [0, 0.1) is 0 Å². The minimum absolute atomic E-state index is 0.119. The van der Waals surface area contributed by atoms with Crippen LogP contribution in [-0.2, 0) is 4.74 Å². The van der Waals surface area contributed by atoms with Gasteiger partial charge >= 0.3 is 6.09 Å². The molecule has 4 nitrogen and oxygen atoms in total. The number of likely N-dealkylation sites (tertiary alicyclic amines) is 2. The molecule has 2 aliphatic heterocycles. The van der Waals surface area contributed by atoms with E-state index in [0.717, 1.165) is 32.5 Å². The number of hydrogen-bond donors (Lipinski definition) is 0. The van der Waals surface area contributed by atoms with Gasteiger partial charge in [-0.05, 0) is 38.8 Å². The van der Waals surface area contributed by atoms with E-state index in [2.05, 4.69) is 4.90 Å². The number of carbonyl (C=O) groups excluding carboxylic acids is 1. The summed E-state index contributed by atoms with van der Waals surface area (Å²) in [5.74, 6) is 0. The van der Waals surface area contributed by atoms with E-state index in [-0.39, 0.29) is 6.09 Å². The molecule has 4 heteroatoms. The molecular weight excluding hydrogens is 192 g/mol. The monoisotopic (exact) mass is 212 g/mol. The fourth-order valence-corrected chi connectivity index (χ4v) is 2.26. The molecule has 0 N–H and O–H groups in total. The Morgan fingerprint density at radius 2 is 1.60 bits per heavy atom. The van der Waals surface area contributed by atoms with Crippen molar-refractivity contribution in [1.29, 1.82) is 0 Å². The Morgan fingerprint density at radius 3 is 2.27 bits per heavy atom. The van der Waals surface area contributed by atoms with Gasteiger partial charge in [-0.1, -0.05) is 0 Å². The van der Waals surface area contributed by atoms with Gasteiger partial charge in [0, 0.05) is 19.6 Å². The van der Waals surface area contributed by atoms with Crippen LogP contribution in [0.3, 0.4) is 0 Å². The number of hydrogen-bond acceptors (Lipinski definition) is 3. The van der Waals surface area contributed by atoms with Crippen molar-refractivity contribution in [1.82, 2.24) is 9.80 Å². The van der Waals surface area contributed by atoms with E-state index in [0.29, 0.717) is 6.61 Å². The molecule has 2 heterocycles. The van der Waals surface area contributed by atoms with Gasteiger partial charge in [0.15, 0.2) is 0 Å². The van der Waals surface area contributed by atoms with Gasteiger partial charge < -0.3 is 9.64 Å². The molecule has 0 saturated carbocycles. The Bertz CT molecular complexity index is 209. The fraction of sp³-hybridized carbons (Fsp3) is 0.909. The molecule has 86 valence electrons. The number of amides is 1. The first kappa shape index (κ1) is 10.7. The predicted octanol–water partition coefficient (Wildman–Crippen LogP) is 1.31. The van der Waals surface area contributed by atoms with Crippen molar-refractivity contribution in [3.05, 3.63) is 0 Å².